The molecule has 30 heavy (non-hydrogen) atoms. The topological polar surface area (TPSA) is 60.5 Å². The van der Waals surface area contributed by atoms with Crippen molar-refractivity contribution in [1.29, 1.82) is 0 Å². The highest BCUT2D eigenvalue weighted by molar-refractivity contribution is 5.97. The van der Waals surface area contributed by atoms with E-state index in [1.54, 1.807) is 0 Å². The van der Waals surface area contributed by atoms with Gasteiger partial charge in [-0.3, -0.25) is 9.78 Å². The molecule has 1 N–H and O–H groups in total. The van der Waals surface area contributed by atoms with Gasteiger partial charge in [-0.2, -0.15) is 0 Å². The molecule has 0 spiro atoms. The Bertz CT molecular complexity index is 999. The third-order valence-electron chi connectivity index (χ3n) is 5.62. The molecule has 2 aromatic carbocycles. The van der Waals surface area contributed by atoms with E-state index in [-0.39, 0.29) is 17.9 Å². The zero-order valence-electron chi connectivity index (χ0n) is 17.3. The van der Waals surface area contributed by atoms with Crippen molar-refractivity contribution in [3.05, 3.63) is 71.9 Å². The van der Waals surface area contributed by atoms with Gasteiger partial charge in [-0.1, -0.05) is 43.7 Å². The van der Waals surface area contributed by atoms with E-state index in [4.69, 9.17) is 9.47 Å². The van der Waals surface area contributed by atoms with Crippen molar-refractivity contribution in [1.82, 2.24) is 10.3 Å². The van der Waals surface area contributed by atoms with Gasteiger partial charge < -0.3 is 14.8 Å². The van der Waals surface area contributed by atoms with Gasteiger partial charge in [0.2, 0.25) is 0 Å². The summed E-state index contributed by atoms with van der Waals surface area (Å²) in [5, 5.41) is 4.34. The number of carbonyl (C=O) groups is 1. The van der Waals surface area contributed by atoms with Crippen molar-refractivity contribution in [2.45, 2.75) is 32.2 Å². The smallest absolute Gasteiger partial charge is 0.255 e. The third kappa shape index (κ3) is 4.62. The predicted molar refractivity (Wildman–Crippen MR) is 118 cm³/mol. The lowest BCUT2D eigenvalue weighted by Gasteiger charge is -2.20. The maximum Gasteiger partial charge on any atom is 0.255 e. The van der Waals surface area contributed by atoms with Gasteiger partial charge in [-0.05, 0) is 42.7 Å². The van der Waals surface area contributed by atoms with E-state index < -0.39 is 0 Å². The molecule has 1 saturated heterocycles. The van der Waals surface area contributed by atoms with Crippen molar-refractivity contribution in [3.8, 4) is 5.75 Å². The molecule has 5 nitrogen and oxygen atoms in total. The molecule has 4 rings (SSSR count). The van der Waals surface area contributed by atoms with Gasteiger partial charge in [0.05, 0.1) is 36.9 Å². The molecule has 0 bridgehead atoms. The number of para-hydroxylation sites is 2. The average molecular weight is 405 g/mol. The molecule has 1 aliphatic rings. The molecule has 5 heteroatoms. The van der Waals surface area contributed by atoms with Crippen LogP contribution in [0.25, 0.3) is 10.9 Å². The maximum absolute atomic E-state index is 13.0. The molecule has 3 aromatic rings. The summed E-state index contributed by atoms with van der Waals surface area (Å²) in [6.07, 6.45) is 4.71. The number of unbranched alkanes of at least 4 members (excludes halogenated alkanes) is 1. The second-order valence-corrected chi connectivity index (χ2v) is 7.77. The van der Waals surface area contributed by atoms with Gasteiger partial charge >= 0.3 is 0 Å². The molecule has 1 aliphatic heterocycles. The molecular formula is C25H28N2O3. The molecule has 1 fully saturated rings. The minimum atomic E-state index is -0.109. The molecule has 1 aromatic heterocycles. The van der Waals surface area contributed by atoms with Crippen molar-refractivity contribution >= 4 is 16.8 Å². The highest BCUT2D eigenvalue weighted by atomic mass is 16.5. The molecule has 0 unspecified atom stereocenters. The Morgan fingerprint density at radius 1 is 1.13 bits per heavy atom. The summed E-state index contributed by atoms with van der Waals surface area (Å²) in [7, 11) is 0. The largest absolute Gasteiger partial charge is 0.493 e. The van der Waals surface area contributed by atoms with Crippen LogP contribution in [0.3, 0.4) is 0 Å². The van der Waals surface area contributed by atoms with E-state index in [2.05, 4.69) is 29.4 Å². The number of nitrogens with one attached hydrogen (secondary N) is 1. The van der Waals surface area contributed by atoms with Gasteiger partial charge in [0.1, 0.15) is 5.75 Å². The Balaban J connectivity index is 1.46. The quantitative estimate of drug-likeness (QED) is 0.565. The fraction of sp³-hybridized carbons (Fsp3) is 0.360. The number of hydrogen-bond donors (Lipinski definition) is 1. The first kappa shape index (κ1) is 20.4. The van der Waals surface area contributed by atoms with E-state index in [1.807, 2.05) is 48.7 Å². The number of carbonyl (C=O) groups excluding carboxylic acids is 1. The highest BCUT2D eigenvalue weighted by Gasteiger charge is 2.31. The molecule has 2 atom stereocenters. The van der Waals surface area contributed by atoms with Crippen molar-refractivity contribution < 1.29 is 14.3 Å². The summed E-state index contributed by atoms with van der Waals surface area (Å²) in [5.41, 5.74) is 2.81. The van der Waals surface area contributed by atoms with E-state index in [0.717, 1.165) is 30.2 Å². The summed E-state index contributed by atoms with van der Waals surface area (Å²) in [5.74, 6) is 0.745. The van der Waals surface area contributed by atoms with Crippen LogP contribution in [0, 0.1) is 5.92 Å². The first-order chi connectivity index (χ1) is 14.8. The minimum absolute atomic E-state index is 0.0341. The lowest BCUT2D eigenvalue weighted by molar-refractivity contribution is 0.0921. The van der Waals surface area contributed by atoms with Crippen molar-refractivity contribution in [3.63, 3.8) is 0 Å². The summed E-state index contributed by atoms with van der Waals surface area (Å²) in [4.78, 5) is 17.5. The number of nitrogens with zero attached hydrogens (tertiary/aromatic N) is 1. The van der Waals surface area contributed by atoms with E-state index in [9.17, 15) is 4.79 Å². The van der Waals surface area contributed by atoms with E-state index >= 15 is 0 Å². The number of ether oxygens (including phenoxy) is 2. The molecule has 1 amide bonds. The monoisotopic (exact) mass is 404 g/mol. The number of rotatable bonds is 8. The van der Waals surface area contributed by atoms with Gasteiger partial charge in [0.15, 0.2) is 0 Å². The Kier molecular flexibility index (Phi) is 6.60. The molecule has 0 saturated carbocycles. The maximum atomic E-state index is 13.0. The standard InChI is InChI=1S/C25H28N2O3/c1-2-3-14-30-24-11-7-5-9-21(24)25(28)27-23-17-29-16-19(23)15-18-12-13-26-22-10-6-4-8-20(18)22/h4-13,19,23H,2-3,14-17H2,1H3,(H,27,28)/t19-,23-/m1/s1. The van der Waals surface area contributed by atoms with Gasteiger partial charge in [0, 0.05) is 17.5 Å². The molecule has 0 radical (unpaired) electrons. The zero-order valence-corrected chi connectivity index (χ0v) is 17.3. The van der Waals surface area contributed by atoms with Gasteiger partial charge in [-0.15, -0.1) is 0 Å². The fourth-order valence-corrected chi connectivity index (χ4v) is 3.93. The predicted octanol–water partition coefficient (Wildman–Crippen LogP) is 4.40. The van der Waals surface area contributed by atoms with Crippen molar-refractivity contribution in [2.75, 3.05) is 19.8 Å². The molecular weight excluding hydrogens is 376 g/mol. The molecule has 0 aliphatic carbocycles. The van der Waals surface area contributed by atoms with Crippen LogP contribution in [0.5, 0.6) is 5.75 Å². The SMILES string of the molecule is CCCCOc1ccccc1C(=O)N[C@@H]1COC[C@H]1Cc1ccnc2ccccc12. The number of fused-ring (bicyclic) bond motifs is 1. The lowest BCUT2D eigenvalue weighted by Crippen LogP contribution is -2.40. The Morgan fingerprint density at radius 3 is 2.87 bits per heavy atom. The third-order valence-corrected chi connectivity index (χ3v) is 5.62. The Labute approximate surface area is 177 Å². The second kappa shape index (κ2) is 9.72. The van der Waals surface area contributed by atoms with E-state index in [1.165, 1.54) is 5.56 Å². The van der Waals surface area contributed by atoms with Crippen LogP contribution in [0.1, 0.15) is 35.7 Å². The van der Waals surface area contributed by atoms with Crippen molar-refractivity contribution in [2.24, 2.45) is 5.92 Å². The van der Waals surface area contributed by atoms with Crippen LogP contribution in [-0.4, -0.2) is 36.8 Å². The fourth-order valence-electron chi connectivity index (χ4n) is 3.93. The summed E-state index contributed by atoms with van der Waals surface area (Å²) < 4.78 is 11.6. The highest BCUT2D eigenvalue weighted by Crippen LogP contribution is 2.25. The van der Waals surface area contributed by atoms with Crippen LogP contribution >= 0.6 is 0 Å². The first-order valence-corrected chi connectivity index (χ1v) is 10.7. The summed E-state index contributed by atoms with van der Waals surface area (Å²) in [6, 6.07) is 17.6. The van der Waals surface area contributed by atoms with Crippen LogP contribution in [0.4, 0.5) is 0 Å². The van der Waals surface area contributed by atoms with Crippen LogP contribution in [-0.2, 0) is 11.2 Å². The normalized spacial score (nSPS) is 18.4. The number of pyridine rings is 1. The summed E-state index contributed by atoms with van der Waals surface area (Å²) in [6.45, 7) is 3.90. The van der Waals surface area contributed by atoms with Crippen LogP contribution in [0.15, 0.2) is 60.8 Å². The minimum Gasteiger partial charge on any atom is -0.493 e. The van der Waals surface area contributed by atoms with Crippen LogP contribution < -0.4 is 10.1 Å². The zero-order chi connectivity index (χ0) is 20.8. The average Bonchev–Trinajstić information content (AvgIpc) is 3.21. The Hall–Kier alpha value is -2.92. The first-order valence-electron chi connectivity index (χ1n) is 10.7. The number of hydrogen-bond acceptors (Lipinski definition) is 4. The Morgan fingerprint density at radius 2 is 1.97 bits per heavy atom. The van der Waals surface area contributed by atoms with E-state index in [0.29, 0.717) is 31.1 Å². The van der Waals surface area contributed by atoms with Gasteiger partial charge in [0.25, 0.3) is 5.91 Å². The number of benzene rings is 2. The molecule has 2 heterocycles. The lowest BCUT2D eigenvalue weighted by atomic mass is 9.93. The van der Waals surface area contributed by atoms with Gasteiger partial charge in [-0.25, -0.2) is 0 Å². The number of amides is 1. The second-order valence-electron chi connectivity index (χ2n) is 7.77. The van der Waals surface area contributed by atoms with Crippen LogP contribution in [0.2, 0.25) is 0 Å². The summed E-state index contributed by atoms with van der Waals surface area (Å²) >= 11 is 0. The molecule has 156 valence electrons. The number of aromatic nitrogens is 1.